The van der Waals surface area contributed by atoms with Crippen molar-refractivity contribution in [3.63, 3.8) is 0 Å². The minimum absolute atomic E-state index is 0.392. The number of nitrogen functional groups attached to an aromatic ring is 1. The van der Waals surface area contributed by atoms with E-state index < -0.39 is 17.8 Å². The van der Waals surface area contributed by atoms with E-state index in [0.29, 0.717) is 17.1 Å². The van der Waals surface area contributed by atoms with Crippen molar-refractivity contribution in [3.05, 3.63) is 54.3 Å². The van der Waals surface area contributed by atoms with Crippen LogP contribution in [0.5, 0.6) is 0 Å². The van der Waals surface area contributed by atoms with E-state index in [1.807, 2.05) is 0 Å². The number of nitrogens with zero attached hydrogens (tertiary/aromatic N) is 1. The second-order valence-electron chi connectivity index (χ2n) is 4.38. The molecule has 6 heteroatoms. The molecule has 2 rings (SSSR count). The number of nitrogens with two attached hydrogens (primary N) is 1. The van der Waals surface area contributed by atoms with E-state index >= 15 is 0 Å². The van der Waals surface area contributed by atoms with E-state index in [9.17, 15) is 14.0 Å². The Hall–Kier alpha value is -2.89. The number of rotatable bonds is 2. The Balaban J connectivity index is 2.22. The zero-order chi connectivity index (χ0) is 15.4. The van der Waals surface area contributed by atoms with Gasteiger partial charge in [-0.2, -0.15) is 0 Å². The lowest BCUT2D eigenvalue weighted by Gasteiger charge is -2.20. The average Bonchev–Trinajstić information content (AvgIpc) is 2.43. The Labute approximate surface area is 121 Å². The number of hydrogen-bond donors (Lipinski definition) is 2. The molecule has 2 aromatic rings. The van der Waals surface area contributed by atoms with Crippen LogP contribution in [0.2, 0.25) is 0 Å². The van der Waals surface area contributed by atoms with E-state index in [2.05, 4.69) is 5.32 Å². The fourth-order valence-corrected chi connectivity index (χ4v) is 1.78. The molecule has 3 N–H and O–H groups in total. The summed E-state index contributed by atoms with van der Waals surface area (Å²) in [6.45, 7) is 1.28. The fourth-order valence-electron chi connectivity index (χ4n) is 1.78. The molecule has 0 saturated heterocycles. The maximum atomic E-state index is 12.8. The van der Waals surface area contributed by atoms with Gasteiger partial charge in [0.15, 0.2) is 0 Å². The first-order chi connectivity index (χ1) is 9.97. The highest BCUT2D eigenvalue weighted by Crippen LogP contribution is 2.18. The maximum Gasteiger partial charge on any atom is 0.333 e. The number of anilines is 3. The number of benzene rings is 2. The van der Waals surface area contributed by atoms with Crippen molar-refractivity contribution in [1.82, 2.24) is 0 Å². The van der Waals surface area contributed by atoms with Gasteiger partial charge in [0.1, 0.15) is 5.82 Å². The van der Waals surface area contributed by atoms with Crippen molar-refractivity contribution in [2.45, 2.75) is 6.92 Å². The molecule has 0 saturated carbocycles. The Morgan fingerprint density at radius 2 is 1.62 bits per heavy atom. The van der Waals surface area contributed by atoms with Crippen LogP contribution >= 0.6 is 0 Å². The average molecular weight is 287 g/mol. The Bertz CT molecular complexity index is 654. The molecule has 108 valence electrons. The highest BCUT2D eigenvalue weighted by atomic mass is 19.1. The number of halogens is 1. The summed E-state index contributed by atoms with van der Waals surface area (Å²) in [5, 5.41) is 2.53. The summed E-state index contributed by atoms with van der Waals surface area (Å²) in [7, 11) is 0. The Kier molecular flexibility index (Phi) is 4.18. The van der Waals surface area contributed by atoms with Crippen LogP contribution in [0.25, 0.3) is 0 Å². The minimum Gasteiger partial charge on any atom is -0.399 e. The maximum absolute atomic E-state index is 12.8. The number of carbonyl (C=O) groups excluding carboxylic acids is 2. The molecule has 5 nitrogen and oxygen atoms in total. The summed E-state index contributed by atoms with van der Waals surface area (Å²) in [5.41, 5.74) is 6.90. The van der Waals surface area contributed by atoms with E-state index in [-0.39, 0.29) is 0 Å². The molecule has 21 heavy (non-hydrogen) atoms. The van der Waals surface area contributed by atoms with Gasteiger partial charge in [-0.25, -0.2) is 14.1 Å². The molecule has 0 bridgehead atoms. The van der Waals surface area contributed by atoms with Crippen molar-refractivity contribution in [1.29, 1.82) is 0 Å². The summed E-state index contributed by atoms with van der Waals surface area (Å²) in [6.07, 6.45) is 0. The van der Waals surface area contributed by atoms with Gasteiger partial charge in [0, 0.05) is 18.3 Å². The monoisotopic (exact) mass is 287 g/mol. The SMILES string of the molecule is CC(=O)N(C(=O)Nc1ccc(F)cc1)c1ccc(N)cc1. The van der Waals surface area contributed by atoms with Crippen molar-refractivity contribution in [2.75, 3.05) is 16.0 Å². The van der Waals surface area contributed by atoms with E-state index in [4.69, 9.17) is 5.73 Å². The number of urea groups is 1. The van der Waals surface area contributed by atoms with Crippen LogP contribution in [-0.2, 0) is 4.79 Å². The standard InChI is InChI=1S/C15H14FN3O2/c1-10(20)19(14-8-4-12(17)5-9-14)15(21)18-13-6-2-11(16)3-7-13/h2-9H,17H2,1H3,(H,18,21). The number of hydrogen-bond acceptors (Lipinski definition) is 3. The Morgan fingerprint density at radius 1 is 1.05 bits per heavy atom. The summed E-state index contributed by atoms with van der Waals surface area (Å²) in [5.74, 6) is -0.852. The molecule has 2 aromatic carbocycles. The number of carbonyl (C=O) groups is 2. The van der Waals surface area contributed by atoms with Gasteiger partial charge in [-0.05, 0) is 48.5 Å². The molecule has 0 atom stereocenters. The molecular formula is C15H14FN3O2. The third-order valence-corrected chi connectivity index (χ3v) is 2.76. The predicted octanol–water partition coefficient (Wildman–Crippen LogP) is 2.99. The lowest BCUT2D eigenvalue weighted by atomic mass is 10.2. The molecule has 0 aliphatic heterocycles. The lowest BCUT2D eigenvalue weighted by Crippen LogP contribution is -2.38. The first kappa shape index (κ1) is 14.5. The normalized spacial score (nSPS) is 10.0. The van der Waals surface area contributed by atoms with Gasteiger partial charge in [-0.3, -0.25) is 4.79 Å². The predicted molar refractivity (Wildman–Crippen MR) is 79.4 cm³/mol. The lowest BCUT2D eigenvalue weighted by molar-refractivity contribution is -0.115. The third kappa shape index (κ3) is 3.56. The first-order valence-corrected chi connectivity index (χ1v) is 6.20. The third-order valence-electron chi connectivity index (χ3n) is 2.76. The van der Waals surface area contributed by atoms with Crippen molar-refractivity contribution in [2.24, 2.45) is 0 Å². The van der Waals surface area contributed by atoms with Crippen LogP contribution in [0.15, 0.2) is 48.5 Å². The molecule has 0 aliphatic carbocycles. The second-order valence-corrected chi connectivity index (χ2v) is 4.38. The van der Waals surface area contributed by atoms with Gasteiger partial charge >= 0.3 is 6.03 Å². The van der Waals surface area contributed by atoms with Crippen LogP contribution in [-0.4, -0.2) is 11.9 Å². The van der Waals surface area contributed by atoms with Gasteiger partial charge in [0.05, 0.1) is 5.69 Å². The van der Waals surface area contributed by atoms with Gasteiger partial charge in [0.2, 0.25) is 5.91 Å². The summed E-state index contributed by atoms with van der Waals surface area (Å²) < 4.78 is 12.8. The molecule has 0 unspecified atom stereocenters. The van der Waals surface area contributed by atoms with Gasteiger partial charge in [-0.15, -0.1) is 0 Å². The smallest absolute Gasteiger partial charge is 0.333 e. The number of nitrogens with one attached hydrogen (secondary N) is 1. The molecular weight excluding hydrogens is 273 g/mol. The highest BCUT2D eigenvalue weighted by molar-refractivity contribution is 6.17. The van der Waals surface area contributed by atoms with Crippen molar-refractivity contribution in [3.8, 4) is 0 Å². The Morgan fingerprint density at radius 3 is 2.14 bits per heavy atom. The van der Waals surface area contributed by atoms with Gasteiger partial charge in [-0.1, -0.05) is 0 Å². The number of amides is 3. The minimum atomic E-state index is -0.626. The quantitative estimate of drug-likeness (QED) is 0.834. The van der Waals surface area contributed by atoms with E-state index in [1.54, 1.807) is 24.3 Å². The van der Waals surface area contributed by atoms with Crippen molar-refractivity contribution < 1.29 is 14.0 Å². The zero-order valence-corrected chi connectivity index (χ0v) is 11.3. The highest BCUT2D eigenvalue weighted by Gasteiger charge is 2.20. The molecule has 0 fully saturated rings. The van der Waals surface area contributed by atoms with Crippen molar-refractivity contribution >= 4 is 29.0 Å². The van der Waals surface area contributed by atoms with Crippen LogP contribution in [0.1, 0.15) is 6.92 Å². The van der Waals surface area contributed by atoms with E-state index in [0.717, 1.165) is 4.90 Å². The molecule has 0 aliphatic rings. The summed E-state index contributed by atoms with van der Waals surface area (Å²) in [6, 6.07) is 11.0. The van der Waals surface area contributed by atoms with E-state index in [1.165, 1.54) is 31.2 Å². The summed E-state index contributed by atoms with van der Waals surface area (Å²) >= 11 is 0. The zero-order valence-electron chi connectivity index (χ0n) is 11.3. The second kappa shape index (κ2) is 6.04. The fraction of sp³-hybridized carbons (Fsp3) is 0.0667. The molecule has 0 aromatic heterocycles. The van der Waals surface area contributed by atoms with Gasteiger partial charge < -0.3 is 11.1 Å². The topological polar surface area (TPSA) is 75.4 Å². The van der Waals surface area contributed by atoms with Crippen LogP contribution < -0.4 is 16.0 Å². The van der Waals surface area contributed by atoms with Gasteiger partial charge in [0.25, 0.3) is 0 Å². The van der Waals surface area contributed by atoms with Crippen LogP contribution in [0.3, 0.4) is 0 Å². The largest absolute Gasteiger partial charge is 0.399 e. The van der Waals surface area contributed by atoms with Crippen LogP contribution in [0.4, 0.5) is 26.2 Å². The molecule has 0 radical (unpaired) electrons. The summed E-state index contributed by atoms with van der Waals surface area (Å²) in [4.78, 5) is 24.9. The molecule has 0 spiro atoms. The molecule has 0 heterocycles. The first-order valence-electron chi connectivity index (χ1n) is 6.20. The van der Waals surface area contributed by atoms with Crippen LogP contribution in [0, 0.1) is 5.82 Å². The number of imide groups is 1. The molecule has 3 amide bonds.